The Morgan fingerprint density at radius 1 is 1.42 bits per heavy atom. The molecule has 1 saturated heterocycles. The summed E-state index contributed by atoms with van der Waals surface area (Å²) in [5.74, 6) is 1.55. The Bertz CT molecular complexity index is 542. The van der Waals surface area contributed by atoms with E-state index in [0.717, 1.165) is 25.2 Å². The first-order chi connectivity index (χ1) is 9.24. The molecule has 3 rings (SSSR count). The van der Waals surface area contributed by atoms with Gasteiger partial charge in [0.15, 0.2) is 11.6 Å². The van der Waals surface area contributed by atoms with Crippen LogP contribution in [0.5, 0.6) is 0 Å². The van der Waals surface area contributed by atoms with Gasteiger partial charge in [0.1, 0.15) is 0 Å². The minimum Gasteiger partial charge on any atom is -0.459 e. The van der Waals surface area contributed by atoms with E-state index in [1.807, 2.05) is 13.0 Å². The number of nitrogens with zero attached hydrogens (tertiary/aromatic N) is 3. The van der Waals surface area contributed by atoms with Crippen molar-refractivity contribution < 1.29 is 8.94 Å². The van der Waals surface area contributed by atoms with Gasteiger partial charge in [-0.1, -0.05) is 5.16 Å². The van der Waals surface area contributed by atoms with Crippen LogP contribution in [-0.2, 0) is 0 Å². The van der Waals surface area contributed by atoms with Crippen molar-refractivity contribution in [3.63, 3.8) is 0 Å². The van der Waals surface area contributed by atoms with E-state index in [1.165, 1.54) is 12.8 Å². The van der Waals surface area contributed by atoms with Crippen LogP contribution in [0.25, 0.3) is 11.7 Å². The number of rotatable bonds is 4. The molecule has 1 aliphatic heterocycles. The summed E-state index contributed by atoms with van der Waals surface area (Å²) in [5, 5.41) is 3.96. The molecule has 0 aliphatic carbocycles. The molecule has 2 N–H and O–H groups in total. The van der Waals surface area contributed by atoms with Crippen LogP contribution in [0.3, 0.4) is 0 Å². The quantitative estimate of drug-likeness (QED) is 0.903. The average Bonchev–Trinajstić information content (AvgIpc) is 3.08. The van der Waals surface area contributed by atoms with E-state index in [4.69, 9.17) is 14.7 Å². The van der Waals surface area contributed by atoms with Crippen molar-refractivity contribution in [2.24, 2.45) is 5.73 Å². The predicted octanol–water partition coefficient (Wildman–Crippen LogP) is 1.73. The van der Waals surface area contributed by atoms with Crippen LogP contribution in [-0.4, -0.2) is 34.7 Å². The highest BCUT2D eigenvalue weighted by Gasteiger charge is 2.21. The highest BCUT2D eigenvalue weighted by atomic mass is 16.5. The maximum absolute atomic E-state index is 6.12. The van der Waals surface area contributed by atoms with E-state index in [9.17, 15) is 0 Å². The third-order valence-electron chi connectivity index (χ3n) is 3.48. The van der Waals surface area contributed by atoms with Crippen molar-refractivity contribution in [1.82, 2.24) is 15.0 Å². The van der Waals surface area contributed by atoms with Gasteiger partial charge in [-0.3, -0.25) is 0 Å². The van der Waals surface area contributed by atoms with Crippen LogP contribution in [0, 0.1) is 6.92 Å². The van der Waals surface area contributed by atoms with Crippen molar-refractivity contribution >= 4 is 0 Å². The second kappa shape index (κ2) is 5.14. The van der Waals surface area contributed by atoms with Crippen molar-refractivity contribution in [1.29, 1.82) is 0 Å². The molecule has 2 aromatic rings. The lowest BCUT2D eigenvalue weighted by molar-refractivity contribution is 0.306. The molecular formula is C13H18N4O2. The van der Waals surface area contributed by atoms with Gasteiger partial charge >= 0.3 is 0 Å². The average molecular weight is 262 g/mol. The summed E-state index contributed by atoms with van der Waals surface area (Å²) in [6.07, 6.45) is 4.10. The highest BCUT2D eigenvalue weighted by molar-refractivity contribution is 5.49. The fourth-order valence-corrected chi connectivity index (χ4v) is 2.39. The Hall–Kier alpha value is -1.66. The molecule has 0 saturated carbocycles. The van der Waals surface area contributed by atoms with Crippen molar-refractivity contribution in [3.05, 3.63) is 23.7 Å². The minimum atomic E-state index is -0.217. The Kier molecular flexibility index (Phi) is 3.35. The zero-order chi connectivity index (χ0) is 13.2. The summed E-state index contributed by atoms with van der Waals surface area (Å²) < 4.78 is 10.6. The van der Waals surface area contributed by atoms with Crippen LogP contribution in [0.2, 0.25) is 0 Å². The normalized spacial score (nSPS) is 18.0. The Morgan fingerprint density at radius 2 is 2.21 bits per heavy atom. The zero-order valence-electron chi connectivity index (χ0n) is 11.0. The van der Waals surface area contributed by atoms with Gasteiger partial charge < -0.3 is 19.6 Å². The second-order valence-corrected chi connectivity index (χ2v) is 5.00. The Morgan fingerprint density at radius 3 is 2.89 bits per heavy atom. The molecule has 2 aromatic heterocycles. The highest BCUT2D eigenvalue weighted by Crippen LogP contribution is 2.23. The largest absolute Gasteiger partial charge is 0.459 e. The summed E-state index contributed by atoms with van der Waals surface area (Å²) in [7, 11) is 0. The first-order valence-corrected chi connectivity index (χ1v) is 6.60. The topological polar surface area (TPSA) is 81.3 Å². The van der Waals surface area contributed by atoms with E-state index in [2.05, 4.69) is 15.0 Å². The Balaban J connectivity index is 1.72. The number of furan rings is 1. The molecule has 6 nitrogen and oxygen atoms in total. The van der Waals surface area contributed by atoms with Crippen LogP contribution < -0.4 is 5.73 Å². The lowest BCUT2D eigenvalue weighted by atomic mass is 10.2. The molecule has 19 heavy (non-hydrogen) atoms. The summed E-state index contributed by atoms with van der Waals surface area (Å²) in [4.78, 5) is 6.66. The van der Waals surface area contributed by atoms with Gasteiger partial charge in [-0.2, -0.15) is 4.98 Å². The number of likely N-dealkylation sites (tertiary alicyclic amines) is 1. The van der Waals surface area contributed by atoms with Crippen LogP contribution in [0.15, 0.2) is 21.3 Å². The third kappa shape index (κ3) is 2.54. The van der Waals surface area contributed by atoms with E-state index < -0.39 is 0 Å². The number of hydrogen-bond acceptors (Lipinski definition) is 6. The molecule has 1 fully saturated rings. The van der Waals surface area contributed by atoms with Gasteiger partial charge in [0, 0.05) is 12.1 Å². The molecule has 0 amide bonds. The number of hydrogen-bond donors (Lipinski definition) is 1. The van der Waals surface area contributed by atoms with Crippen LogP contribution >= 0.6 is 0 Å². The first kappa shape index (κ1) is 12.4. The lowest BCUT2D eigenvalue weighted by Gasteiger charge is -2.17. The molecule has 6 heteroatoms. The number of nitrogens with two attached hydrogens (primary N) is 1. The van der Waals surface area contributed by atoms with Gasteiger partial charge in [-0.25, -0.2) is 0 Å². The molecule has 1 aliphatic rings. The van der Waals surface area contributed by atoms with Crippen molar-refractivity contribution in [2.45, 2.75) is 25.8 Å². The van der Waals surface area contributed by atoms with E-state index >= 15 is 0 Å². The predicted molar refractivity (Wildman–Crippen MR) is 69.3 cm³/mol. The molecule has 0 bridgehead atoms. The van der Waals surface area contributed by atoms with Gasteiger partial charge in [-0.05, 0) is 38.9 Å². The van der Waals surface area contributed by atoms with Crippen molar-refractivity contribution in [2.75, 3.05) is 19.6 Å². The maximum atomic E-state index is 6.12. The van der Waals surface area contributed by atoms with E-state index in [1.54, 1.807) is 6.26 Å². The smallest absolute Gasteiger partial charge is 0.293 e. The molecule has 0 aromatic carbocycles. The second-order valence-electron chi connectivity index (χ2n) is 5.00. The Labute approximate surface area is 111 Å². The molecule has 0 spiro atoms. The minimum absolute atomic E-state index is 0.217. The monoisotopic (exact) mass is 262 g/mol. The van der Waals surface area contributed by atoms with Crippen molar-refractivity contribution in [3.8, 4) is 11.7 Å². The molecule has 102 valence electrons. The fourth-order valence-electron chi connectivity index (χ4n) is 2.39. The number of aryl methyl sites for hydroxylation is 1. The number of aromatic nitrogens is 2. The van der Waals surface area contributed by atoms with E-state index in [0.29, 0.717) is 17.5 Å². The summed E-state index contributed by atoms with van der Waals surface area (Å²) in [6.45, 7) is 4.92. The summed E-state index contributed by atoms with van der Waals surface area (Å²) >= 11 is 0. The molecule has 3 heterocycles. The van der Waals surface area contributed by atoms with Gasteiger partial charge in [0.2, 0.25) is 0 Å². The lowest BCUT2D eigenvalue weighted by Crippen LogP contribution is -2.30. The summed E-state index contributed by atoms with van der Waals surface area (Å²) in [6, 6.07) is 1.65. The van der Waals surface area contributed by atoms with Crippen LogP contribution in [0.4, 0.5) is 0 Å². The fraction of sp³-hybridized carbons (Fsp3) is 0.538. The first-order valence-electron chi connectivity index (χ1n) is 6.60. The maximum Gasteiger partial charge on any atom is 0.293 e. The van der Waals surface area contributed by atoms with Gasteiger partial charge in [0.25, 0.3) is 5.89 Å². The molecule has 1 unspecified atom stereocenters. The van der Waals surface area contributed by atoms with Gasteiger partial charge in [-0.15, -0.1) is 0 Å². The SMILES string of the molecule is Cc1ccoc1-c1nc(C(N)CN2CCCC2)no1. The standard InChI is InChI=1S/C13H18N4O2/c1-9-4-7-18-11(9)13-15-12(16-19-13)10(14)8-17-5-2-3-6-17/h4,7,10H,2-3,5-6,8,14H2,1H3. The van der Waals surface area contributed by atoms with Gasteiger partial charge in [0.05, 0.1) is 12.3 Å². The molecular weight excluding hydrogens is 244 g/mol. The third-order valence-corrected chi connectivity index (χ3v) is 3.48. The summed E-state index contributed by atoms with van der Waals surface area (Å²) in [5.41, 5.74) is 7.10. The van der Waals surface area contributed by atoms with E-state index in [-0.39, 0.29) is 6.04 Å². The molecule has 0 radical (unpaired) electrons. The zero-order valence-corrected chi connectivity index (χ0v) is 11.0. The molecule has 1 atom stereocenters. The van der Waals surface area contributed by atoms with Crippen LogP contribution in [0.1, 0.15) is 30.3 Å².